The Labute approximate surface area is 218 Å². The van der Waals surface area contributed by atoms with Gasteiger partial charge >= 0.3 is 0 Å². The fraction of sp³-hybridized carbons (Fsp3) is 0.242. The monoisotopic (exact) mass is 493 g/mol. The number of hydrogen-bond donors (Lipinski definition) is 0. The maximum absolute atomic E-state index is 6.54. The van der Waals surface area contributed by atoms with Crippen LogP contribution >= 0.6 is 8.58 Å². The molecule has 0 saturated heterocycles. The minimum atomic E-state index is -0.0652. The molecule has 0 aliphatic rings. The topological polar surface area (TPSA) is 21.6 Å². The zero-order valence-corrected chi connectivity index (χ0v) is 23.0. The highest BCUT2D eigenvalue weighted by Crippen LogP contribution is 2.49. The molecule has 184 valence electrons. The molecular formula is C33H36NOP. The van der Waals surface area contributed by atoms with Crippen LogP contribution in [0.5, 0.6) is 5.75 Å². The highest BCUT2D eigenvalue weighted by Gasteiger charge is 2.31. The Morgan fingerprint density at radius 2 is 1.53 bits per heavy atom. The van der Waals surface area contributed by atoms with Crippen LogP contribution in [0.25, 0.3) is 0 Å². The first-order chi connectivity index (χ1) is 17.4. The second-order valence-corrected chi connectivity index (χ2v) is 11.5. The molecule has 0 aliphatic heterocycles. The molecule has 0 spiro atoms. The minimum Gasteiger partial charge on any atom is -0.488 e. The van der Waals surface area contributed by atoms with Crippen LogP contribution in [0, 0.1) is 20.8 Å². The maximum Gasteiger partial charge on any atom is 0.126 e. The first-order valence-corrected chi connectivity index (χ1v) is 13.6. The molecule has 0 saturated carbocycles. The van der Waals surface area contributed by atoms with E-state index in [0.29, 0.717) is 15.2 Å². The van der Waals surface area contributed by atoms with E-state index >= 15 is 0 Å². The summed E-state index contributed by atoms with van der Waals surface area (Å²) < 4.78 is 6.54. The first kappa shape index (κ1) is 25.9. The standard InChI is InChI=1S/C33H36NOP/c1-6-33(5,30-21-24(2)20-26(4)31(30)35-23-27-15-9-7-10-16-27)36-32-25(3)14-13-17-28(32)22-34-29-18-11-8-12-19-29/h7-22,36H,6,23H2,1-5H3/b34-22+. The fourth-order valence-corrected chi connectivity index (χ4v) is 6.16. The third kappa shape index (κ3) is 6.12. The Morgan fingerprint density at radius 1 is 0.833 bits per heavy atom. The van der Waals surface area contributed by atoms with Crippen molar-refractivity contribution in [3.05, 3.63) is 124 Å². The minimum absolute atomic E-state index is 0.0652. The highest BCUT2D eigenvalue weighted by molar-refractivity contribution is 7.49. The van der Waals surface area contributed by atoms with E-state index < -0.39 is 0 Å². The van der Waals surface area contributed by atoms with Gasteiger partial charge in [0.25, 0.3) is 0 Å². The van der Waals surface area contributed by atoms with Crippen molar-refractivity contribution in [1.29, 1.82) is 0 Å². The van der Waals surface area contributed by atoms with Gasteiger partial charge in [-0.2, -0.15) is 0 Å². The van der Waals surface area contributed by atoms with Crippen molar-refractivity contribution in [1.82, 2.24) is 0 Å². The van der Waals surface area contributed by atoms with E-state index in [-0.39, 0.29) is 5.16 Å². The number of para-hydroxylation sites is 1. The Kier molecular flexibility index (Phi) is 8.39. The van der Waals surface area contributed by atoms with Gasteiger partial charge in [0.15, 0.2) is 0 Å². The number of aliphatic imine (C=N–C) groups is 1. The van der Waals surface area contributed by atoms with Gasteiger partial charge in [-0.3, -0.25) is 4.99 Å². The molecule has 3 heteroatoms. The van der Waals surface area contributed by atoms with Crippen molar-refractivity contribution in [2.24, 2.45) is 4.99 Å². The van der Waals surface area contributed by atoms with Crippen molar-refractivity contribution in [3.63, 3.8) is 0 Å². The third-order valence-electron chi connectivity index (χ3n) is 6.76. The lowest BCUT2D eigenvalue weighted by Crippen LogP contribution is -2.23. The van der Waals surface area contributed by atoms with E-state index in [1.165, 1.54) is 38.7 Å². The summed E-state index contributed by atoms with van der Waals surface area (Å²) in [4.78, 5) is 4.77. The third-order valence-corrected chi connectivity index (χ3v) is 8.87. The summed E-state index contributed by atoms with van der Waals surface area (Å²) in [5, 5.41) is 1.30. The molecule has 36 heavy (non-hydrogen) atoms. The zero-order chi connectivity index (χ0) is 25.5. The van der Waals surface area contributed by atoms with E-state index in [4.69, 9.17) is 9.73 Å². The number of ether oxygens (including phenoxy) is 1. The van der Waals surface area contributed by atoms with Crippen LogP contribution < -0.4 is 10.0 Å². The fourth-order valence-electron chi connectivity index (χ4n) is 4.53. The van der Waals surface area contributed by atoms with Crippen LogP contribution in [0.1, 0.15) is 53.6 Å². The maximum atomic E-state index is 6.54. The summed E-state index contributed by atoms with van der Waals surface area (Å²) in [7, 11) is 0.580. The first-order valence-electron chi connectivity index (χ1n) is 12.6. The second-order valence-electron chi connectivity index (χ2n) is 9.68. The van der Waals surface area contributed by atoms with Gasteiger partial charge in [0.1, 0.15) is 12.4 Å². The molecule has 0 radical (unpaired) electrons. The van der Waals surface area contributed by atoms with Crippen LogP contribution in [0.15, 0.2) is 96.0 Å². The van der Waals surface area contributed by atoms with E-state index in [2.05, 4.69) is 89.2 Å². The summed E-state index contributed by atoms with van der Waals surface area (Å²) in [6.45, 7) is 11.8. The summed E-state index contributed by atoms with van der Waals surface area (Å²) in [6.07, 6.45) is 3.04. The summed E-state index contributed by atoms with van der Waals surface area (Å²) in [5.41, 5.74) is 8.41. The Bertz CT molecular complexity index is 1330. The van der Waals surface area contributed by atoms with Crippen molar-refractivity contribution >= 4 is 25.8 Å². The quantitative estimate of drug-likeness (QED) is 0.169. The summed E-state index contributed by atoms with van der Waals surface area (Å²) >= 11 is 0. The average Bonchev–Trinajstić information content (AvgIpc) is 2.89. The van der Waals surface area contributed by atoms with Crippen LogP contribution in [0.2, 0.25) is 0 Å². The molecular weight excluding hydrogens is 457 g/mol. The van der Waals surface area contributed by atoms with Gasteiger partial charge in [0.2, 0.25) is 0 Å². The van der Waals surface area contributed by atoms with Crippen LogP contribution in [0.3, 0.4) is 0 Å². The molecule has 2 nitrogen and oxygen atoms in total. The SMILES string of the molecule is CCC(C)(Pc1c(C)cccc1/C=N/c1ccccc1)c1cc(C)cc(C)c1OCc1ccccc1. The number of aryl methyl sites for hydroxylation is 3. The van der Waals surface area contributed by atoms with Crippen LogP contribution in [0.4, 0.5) is 5.69 Å². The molecule has 4 rings (SSSR count). The number of nitrogens with zero attached hydrogens (tertiary/aromatic N) is 1. The van der Waals surface area contributed by atoms with E-state index in [0.717, 1.165) is 17.9 Å². The molecule has 0 aliphatic carbocycles. The van der Waals surface area contributed by atoms with E-state index in [1.54, 1.807) is 0 Å². The Hall–Kier alpha value is -3.22. The number of benzene rings is 4. The Balaban J connectivity index is 1.71. The predicted molar refractivity (Wildman–Crippen MR) is 157 cm³/mol. The van der Waals surface area contributed by atoms with Gasteiger partial charge in [0.05, 0.1) is 5.69 Å². The van der Waals surface area contributed by atoms with Gasteiger partial charge in [-0.25, -0.2) is 0 Å². The van der Waals surface area contributed by atoms with E-state index in [1.807, 2.05) is 42.6 Å². The molecule has 0 fully saturated rings. The molecule has 0 aromatic heterocycles. The molecule has 4 aromatic rings. The lowest BCUT2D eigenvalue weighted by molar-refractivity contribution is 0.297. The number of rotatable bonds is 9. The molecule has 0 N–H and O–H groups in total. The molecule has 2 atom stereocenters. The van der Waals surface area contributed by atoms with Gasteiger partial charge in [-0.15, -0.1) is 0 Å². The normalized spacial score (nSPS) is 13.4. The molecule has 4 aromatic carbocycles. The lowest BCUT2D eigenvalue weighted by Gasteiger charge is -2.33. The molecule has 0 bridgehead atoms. The van der Waals surface area contributed by atoms with Crippen LogP contribution in [-0.4, -0.2) is 6.21 Å². The molecule has 0 amide bonds. The number of hydrogen-bond acceptors (Lipinski definition) is 2. The van der Waals surface area contributed by atoms with Crippen molar-refractivity contribution < 1.29 is 4.74 Å². The smallest absolute Gasteiger partial charge is 0.126 e. The largest absolute Gasteiger partial charge is 0.488 e. The molecule has 2 unspecified atom stereocenters. The van der Waals surface area contributed by atoms with E-state index in [9.17, 15) is 0 Å². The Morgan fingerprint density at radius 3 is 2.22 bits per heavy atom. The van der Waals surface area contributed by atoms with Gasteiger partial charge in [-0.1, -0.05) is 107 Å². The zero-order valence-electron chi connectivity index (χ0n) is 22.0. The predicted octanol–water partition coefficient (Wildman–Crippen LogP) is 8.57. The van der Waals surface area contributed by atoms with Crippen molar-refractivity contribution in [2.45, 2.75) is 52.8 Å². The summed E-state index contributed by atoms with van der Waals surface area (Å²) in [5.74, 6) is 1.02. The van der Waals surface area contributed by atoms with Crippen LogP contribution in [-0.2, 0) is 11.8 Å². The van der Waals surface area contributed by atoms with Crippen molar-refractivity contribution in [2.75, 3.05) is 0 Å². The summed E-state index contributed by atoms with van der Waals surface area (Å²) in [6, 6.07) is 31.7. The van der Waals surface area contributed by atoms with Gasteiger partial charge in [-0.05, 0) is 61.3 Å². The highest BCUT2D eigenvalue weighted by atomic mass is 31.1. The van der Waals surface area contributed by atoms with Crippen molar-refractivity contribution in [3.8, 4) is 5.75 Å². The second kappa shape index (κ2) is 11.7. The van der Waals surface area contributed by atoms with Gasteiger partial charge < -0.3 is 4.74 Å². The lowest BCUT2D eigenvalue weighted by atomic mass is 9.92. The average molecular weight is 494 g/mol. The van der Waals surface area contributed by atoms with Gasteiger partial charge in [0, 0.05) is 22.5 Å². The molecule has 0 heterocycles.